The fraction of sp³-hybridized carbons (Fsp3) is 0.111. The minimum Gasteiger partial charge on any atom is -0.392 e. The topological polar surface area (TPSA) is 63.6 Å². The van der Waals surface area contributed by atoms with E-state index >= 15 is 0 Å². The van der Waals surface area contributed by atoms with Gasteiger partial charge in [0.15, 0.2) is 0 Å². The minimum absolute atomic E-state index is 0.0835. The molecule has 0 aliphatic heterocycles. The van der Waals surface area contributed by atoms with Crippen molar-refractivity contribution in [2.45, 2.75) is 18.4 Å². The molecule has 3 aromatic rings. The van der Waals surface area contributed by atoms with E-state index in [0.717, 1.165) is 16.3 Å². The van der Waals surface area contributed by atoms with Crippen molar-refractivity contribution in [2.75, 3.05) is 0 Å². The largest absolute Gasteiger partial charge is 0.392 e. The Bertz CT molecular complexity index is 944. The summed E-state index contributed by atoms with van der Waals surface area (Å²) < 4.78 is 30.1. The Morgan fingerprint density at radius 1 is 0.957 bits per heavy atom. The smallest absolute Gasteiger partial charge is 0.339 e. The fourth-order valence-corrected chi connectivity index (χ4v) is 3.39. The molecular weight excluding hydrogens is 312 g/mol. The van der Waals surface area contributed by atoms with Crippen molar-refractivity contribution in [3.8, 4) is 5.75 Å². The molecule has 0 radical (unpaired) electrons. The standard InChI is InChI=1S/C18H16O4S/c1-13-6-9-15(10-7-13)23(20,21)22-18-11-8-14-4-2-3-5-16(14)17(18)12-19/h2-11,19H,12H2,1H3. The summed E-state index contributed by atoms with van der Waals surface area (Å²) in [6, 6.07) is 17.2. The maximum atomic E-state index is 12.4. The highest BCUT2D eigenvalue weighted by Crippen LogP contribution is 2.30. The Hall–Kier alpha value is -2.37. The van der Waals surface area contributed by atoms with Crippen LogP contribution < -0.4 is 4.18 Å². The molecule has 0 spiro atoms. The van der Waals surface area contributed by atoms with Gasteiger partial charge in [-0.05, 0) is 35.9 Å². The van der Waals surface area contributed by atoms with Crippen molar-refractivity contribution in [1.82, 2.24) is 0 Å². The lowest BCUT2D eigenvalue weighted by Crippen LogP contribution is -2.11. The summed E-state index contributed by atoms with van der Waals surface area (Å²) in [6.07, 6.45) is 0. The molecule has 1 N–H and O–H groups in total. The molecule has 0 saturated carbocycles. The van der Waals surface area contributed by atoms with Crippen LogP contribution in [0.2, 0.25) is 0 Å². The fourth-order valence-electron chi connectivity index (χ4n) is 2.43. The second kappa shape index (κ2) is 6.02. The van der Waals surface area contributed by atoms with Crippen LogP contribution in [0.3, 0.4) is 0 Å². The van der Waals surface area contributed by atoms with E-state index < -0.39 is 10.1 Å². The molecule has 3 rings (SSSR count). The lowest BCUT2D eigenvalue weighted by Gasteiger charge is -2.12. The maximum absolute atomic E-state index is 12.4. The summed E-state index contributed by atoms with van der Waals surface area (Å²) in [4.78, 5) is 0.0835. The first-order valence-electron chi connectivity index (χ1n) is 7.14. The highest BCUT2D eigenvalue weighted by atomic mass is 32.2. The van der Waals surface area contributed by atoms with Crippen molar-refractivity contribution < 1.29 is 17.7 Å². The van der Waals surface area contributed by atoms with Crippen LogP contribution >= 0.6 is 0 Å². The van der Waals surface area contributed by atoms with Crippen LogP contribution in [0.15, 0.2) is 65.6 Å². The van der Waals surface area contributed by atoms with Gasteiger partial charge in [0.2, 0.25) is 0 Å². The van der Waals surface area contributed by atoms with Gasteiger partial charge in [0.25, 0.3) is 0 Å². The van der Waals surface area contributed by atoms with E-state index in [9.17, 15) is 13.5 Å². The van der Waals surface area contributed by atoms with E-state index in [1.807, 2.05) is 31.2 Å². The number of rotatable bonds is 4. The van der Waals surface area contributed by atoms with E-state index in [2.05, 4.69) is 0 Å². The summed E-state index contributed by atoms with van der Waals surface area (Å²) in [7, 11) is -3.94. The van der Waals surface area contributed by atoms with E-state index in [4.69, 9.17) is 4.18 Å². The van der Waals surface area contributed by atoms with Crippen LogP contribution in [-0.4, -0.2) is 13.5 Å². The van der Waals surface area contributed by atoms with Gasteiger partial charge < -0.3 is 9.29 Å². The molecule has 0 unspecified atom stereocenters. The van der Waals surface area contributed by atoms with E-state index in [1.54, 1.807) is 24.3 Å². The van der Waals surface area contributed by atoms with E-state index in [1.165, 1.54) is 12.1 Å². The summed E-state index contributed by atoms with van der Waals surface area (Å²) in [5, 5.41) is 11.3. The van der Waals surface area contributed by atoms with Crippen molar-refractivity contribution >= 4 is 20.9 Å². The molecule has 0 aromatic heterocycles. The van der Waals surface area contributed by atoms with Crippen LogP contribution in [-0.2, 0) is 16.7 Å². The van der Waals surface area contributed by atoms with Crippen LogP contribution in [0.4, 0.5) is 0 Å². The minimum atomic E-state index is -3.94. The second-order valence-corrected chi connectivity index (χ2v) is 6.82. The van der Waals surface area contributed by atoms with Crippen LogP contribution in [0.1, 0.15) is 11.1 Å². The third kappa shape index (κ3) is 3.06. The second-order valence-electron chi connectivity index (χ2n) is 5.27. The molecule has 0 bridgehead atoms. The zero-order valence-corrected chi connectivity index (χ0v) is 13.4. The van der Waals surface area contributed by atoms with Gasteiger partial charge in [-0.15, -0.1) is 0 Å². The Balaban J connectivity index is 2.05. The van der Waals surface area contributed by atoms with Gasteiger partial charge in [0, 0.05) is 5.56 Å². The predicted molar refractivity (Wildman–Crippen MR) is 88.9 cm³/mol. The molecule has 0 heterocycles. The van der Waals surface area contributed by atoms with Gasteiger partial charge in [-0.3, -0.25) is 0 Å². The van der Waals surface area contributed by atoms with Gasteiger partial charge in [-0.1, -0.05) is 48.0 Å². The summed E-state index contributed by atoms with van der Waals surface area (Å²) in [5.41, 5.74) is 1.42. The average Bonchev–Trinajstić information content (AvgIpc) is 2.55. The number of aryl methyl sites for hydroxylation is 1. The third-order valence-corrected chi connectivity index (χ3v) is 4.91. The quantitative estimate of drug-likeness (QED) is 0.746. The molecule has 3 aromatic carbocycles. The number of aliphatic hydroxyl groups is 1. The highest BCUT2D eigenvalue weighted by Gasteiger charge is 2.19. The Labute approximate surface area is 135 Å². The monoisotopic (exact) mass is 328 g/mol. The SMILES string of the molecule is Cc1ccc(S(=O)(=O)Oc2ccc3ccccc3c2CO)cc1. The molecule has 0 fully saturated rings. The van der Waals surface area contributed by atoms with Crippen LogP contribution in [0, 0.1) is 6.92 Å². The van der Waals surface area contributed by atoms with Gasteiger partial charge in [-0.2, -0.15) is 8.42 Å². The zero-order valence-electron chi connectivity index (χ0n) is 12.6. The van der Waals surface area contributed by atoms with Crippen molar-refractivity contribution in [3.05, 3.63) is 71.8 Å². The summed E-state index contributed by atoms with van der Waals surface area (Å²) >= 11 is 0. The molecule has 0 saturated heterocycles. The summed E-state index contributed by atoms with van der Waals surface area (Å²) in [5.74, 6) is 0.145. The molecule has 5 heteroatoms. The van der Waals surface area contributed by atoms with Gasteiger partial charge in [-0.25, -0.2) is 0 Å². The first-order chi connectivity index (χ1) is 11.0. The Morgan fingerprint density at radius 2 is 1.65 bits per heavy atom. The number of hydrogen-bond acceptors (Lipinski definition) is 4. The number of aliphatic hydroxyl groups excluding tert-OH is 1. The van der Waals surface area contributed by atoms with Gasteiger partial charge in [0.05, 0.1) is 6.61 Å². The first-order valence-corrected chi connectivity index (χ1v) is 8.55. The van der Waals surface area contributed by atoms with Crippen molar-refractivity contribution in [2.24, 2.45) is 0 Å². The van der Waals surface area contributed by atoms with Crippen molar-refractivity contribution in [1.29, 1.82) is 0 Å². The Kier molecular flexibility index (Phi) is 4.07. The molecule has 118 valence electrons. The molecule has 4 nitrogen and oxygen atoms in total. The molecule has 0 aliphatic rings. The lowest BCUT2D eigenvalue weighted by atomic mass is 10.0. The van der Waals surface area contributed by atoms with Gasteiger partial charge in [0.1, 0.15) is 10.6 Å². The molecule has 0 atom stereocenters. The van der Waals surface area contributed by atoms with Gasteiger partial charge >= 0.3 is 10.1 Å². The zero-order chi connectivity index (χ0) is 16.4. The average molecular weight is 328 g/mol. The molecular formula is C18H16O4S. The summed E-state index contributed by atoms with van der Waals surface area (Å²) in [6.45, 7) is 1.57. The third-order valence-electron chi connectivity index (χ3n) is 3.66. The van der Waals surface area contributed by atoms with Crippen molar-refractivity contribution in [3.63, 3.8) is 0 Å². The first kappa shape index (κ1) is 15.5. The maximum Gasteiger partial charge on any atom is 0.339 e. The predicted octanol–water partition coefficient (Wildman–Crippen LogP) is 3.41. The number of benzene rings is 3. The number of fused-ring (bicyclic) bond motifs is 1. The van der Waals surface area contributed by atoms with Crippen LogP contribution in [0.25, 0.3) is 10.8 Å². The molecule has 0 aliphatic carbocycles. The molecule has 0 amide bonds. The van der Waals surface area contributed by atoms with Crippen LogP contribution in [0.5, 0.6) is 5.75 Å². The van der Waals surface area contributed by atoms with E-state index in [-0.39, 0.29) is 17.3 Å². The lowest BCUT2D eigenvalue weighted by molar-refractivity contribution is 0.280. The highest BCUT2D eigenvalue weighted by molar-refractivity contribution is 7.87. The van der Waals surface area contributed by atoms with E-state index in [0.29, 0.717) is 5.56 Å². The number of hydrogen-bond donors (Lipinski definition) is 1. The molecule has 23 heavy (non-hydrogen) atoms. The normalized spacial score (nSPS) is 11.6. The Morgan fingerprint density at radius 3 is 2.35 bits per heavy atom.